The minimum Gasteiger partial charge on any atom is -0.508 e. The van der Waals surface area contributed by atoms with Gasteiger partial charge in [-0.05, 0) is 30.4 Å². The number of hydrogen-bond donors (Lipinski definition) is 3. The Kier molecular flexibility index (Phi) is 5.51. The van der Waals surface area contributed by atoms with Crippen molar-refractivity contribution in [2.75, 3.05) is 13.1 Å². The lowest BCUT2D eigenvalue weighted by Crippen LogP contribution is -2.41. The lowest BCUT2D eigenvalue weighted by Gasteiger charge is -2.35. The van der Waals surface area contributed by atoms with Crippen LogP contribution in [0.25, 0.3) is 0 Å². The minimum atomic E-state index is -0.346. The summed E-state index contributed by atoms with van der Waals surface area (Å²) in [6.45, 7) is 1.30. The summed E-state index contributed by atoms with van der Waals surface area (Å²) in [4.78, 5) is 14.2. The Balaban J connectivity index is 1.60. The van der Waals surface area contributed by atoms with E-state index in [1.54, 1.807) is 18.5 Å². The Hall–Kier alpha value is -1.76. The normalized spacial score (nSPS) is 16.8. The number of hydrogen-bond acceptors (Lipinski definition) is 4. The number of phenolic OH excluding ortho intramolecular Hbond substituents is 1. The number of halogens is 2. The van der Waals surface area contributed by atoms with Gasteiger partial charge in [-0.15, -0.1) is 0 Å². The zero-order valence-electron chi connectivity index (χ0n) is 13.6. The van der Waals surface area contributed by atoms with Gasteiger partial charge in [-0.2, -0.15) is 5.10 Å². The molecule has 1 saturated heterocycles. The number of phenols is 1. The maximum absolute atomic E-state index is 12.3. The van der Waals surface area contributed by atoms with Crippen LogP contribution in [0.1, 0.15) is 30.0 Å². The van der Waals surface area contributed by atoms with E-state index in [0.717, 1.165) is 18.4 Å². The van der Waals surface area contributed by atoms with Crippen molar-refractivity contribution in [3.8, 4) is 5.75 Å². The van der Waals surface area contributed by atoms with E-state index >= 15 is 0 Å². The molecule has 6 nitrogen and oxygen atoms in total. The van der Waals surface area contributed by atoms with E-state index in [2.05, 4.69) is 10.2 Å². The monoisotopic (exact) mass is 382 g/mol. The van der Waals surface area contributed by atoms with Crippen LogP contribution in [-0.4, -0.2) is 39.2 Å². The second-order valence-electron chi connectivity index (χ2n) is 6.35. The van der Waals surface area contributed by atoms with Crippen LogP contribution in [0.5, 0.6) is 5.75 Å². The van der Waals surface area contributed by atoms with Crippen LogP contribution < -0.4 is 5.73 Å². The van der Waals surface area contributed by atoms with E-state index in [1.807, 2.05) is 4.90 Å². The van der Waals surface area contributed by atoms with Gasteiger partial charge >= 0.3 is 0 Å². The number of aromatic amines is 1. The van der Waals surface area contributed by atoms with Crippen molar-refractivity contribution in [1.82, 2.24) is 15.1 Å². The number of likely N-dealkylation sites (tertiary alicyclic amines) is 1. The van der Waals surface area contributed by atoms with E-state index in [-0.39, 0.29) is 23.6 Å². The van der Waals surface area contributed by atoms with Gasteiger partial charge in [0.15, 0.2) is 0 Å². The van der Waals surface area contributed by atoms with E-state index in [4.69, 9.17) is 28.9 Å². The highest BCUT2D eigenvalue weighted by Gasteiger charge is 2.29. The molecule has 4 N–H and O–H groups in total. The summed E-state index contributed by atoms with van der Waals surface area (Å²) in [5.74, 6) is 0.312. The lowest BCUT2D eigenvalue weighted by atomic mass is 9.85. The first-order valence-corrected chi connectivity index (χ1v) is 8.90. The molecule has 1 atom stereocenters. The number of rotatable bonds is 4. The molecule has 134 valence electrons. The van der Waals surface area contributed by atoms with Gasteiger partial charge in [0.25, 0.3) is 0 Å². The molecule has 1 aromatic heterocycles. The van der Waals surface area contributed by atoms with Crippen LogP contribution in [0.2, 0.25) is 10.0 Å². The number of carbonyl (C=O) groups is 1. The number of nitrogens with two attached hydrogens (primary N) is 1. The molecule has 1 aliphatic heterocycles. The second kappa shape index (κ2) is 7.64. The molecular formula is C17H20Cl2N4O2. The summed E-state index contributed by atoms with van der Waals surface area (Å²) >= 11 is 11.9. The van der Waals surface area contributed by atoms with Crippen molar-refractivity contribution < 1.29 is 9.90 Å². The van der Waals surface area contributed by atoms with Gasteiger partial charge < -0.3 is 15.7 Å². The van der Waals surface area contributed by atoms with Gasteiger partial charge in [-0.25, -0.2) is 0 Å². The van der Waals surface area contributed by atoms with Crippen LogP contribution >= 0.6 is 23.2 Å². The molecule has 0 saturated carbocycles. The molecule has 8 heteroatoms. The summed E-state index contributed by atoms with van der Waals surface area (Å²) in [5.41, 5.74) is 7.82. The average Bonchev–Trinajstić information content (AvgIpc) is 3.10. The molecule has 25 heavy (non-hydrogen) atoms. The average molecular weight is 383 g/mol. The fraction of sp³-hybridized carbons (Fsp3) is 0.412. The van der Waals surface area contributed by atoms with Gasteiger partial charge in [0.2, 0.25) is 5.91 Å². The van der Waals surface area contributed by atoms with E-state index in [1.165, 1.54) is 6.07 Å². The first-order chi connectivity index (χ1) is 12.0. The van der Waals surface area contributed by atoms with Crippen molar-refractivity contribution in [3.05, 3.63) is 45.7 Å². The number of nitrogens with zero attached hydrogens (tertiary/aromatic N) is 2. The van der Waals surface area contributed by atoms with Gasteiger partial charge in [-0.3, -0.25) is 9.89 Å². The molecule has 1 fully saturated rings. The molecule has 0 bridgehead atoms. The topological polar surface area (TPSA) is 95.2 Å². The van der Waals surface area contributed by atoms with Crippen LogP contribution in [0.4, 0.5) is 0 Å². The maximum atomic E-state index is 12.3. The van der Waals surface area contributed by atoms with E-state index < -0.39 is 0 Å². The molecule has 0 radical (unpaired) electrons. The Morgan fingerprint density at radius 1 is 1.36 bits per heavy atom. The summed E-state index contributed by atoms with van der Waals surface area (Å²) in [5, 5.41) is 17.3. The lowest BCUT2D eigenvalue weighted by molar-refractivity contribution is -0.131. The van der Waals surface area contributed by atoms with Gasteiger partial charge in [-0.1, -0.05) is 23.2 Å². The number of aromatic nitrogens is 2. The largest absolute Gasteiger partial charge is 0.508 e. The number of amides is 1. The van der Waals surface area contributed by atoms with Crippen molar-refractivity contribution in [1.29, 1.82) is 0 Å². The summed E-state index contributed by atoms with van der Waals surface area (Å²) in [7, 11) is 0. The fourth-order valence-electron chi connectivity index (χ4n) is 3.24. The molecule has 1 amide bonds. The highest BCUT2D eigenvalue weighted by Crippen LogP contribution is 2.37. The van der Waals surface area contributed by atoms with Crippen molar-refractivity contribution in [2.45, 2.75) is 25.3 Å². The van der Waals surface area contributed by atoms with E-state index in [9.17, 15) is 9.90 Å². The third-order valence-corrected chi connectivity index (χ3v) is 5.46. The summed E-state index contributed by atoms with van der Waals surface area (Å²) in [6, 6.07) is 2.70. The maximum Gasteiger partial charge on any atom is 0.227 e. The number of nitrogens with one attached hydrogen (secondary N) is 1. The highest BCUT2D eigenvalue weighted by atomic mass is 35.5. The third-order valence-electron chi connectivity index (χ3n) is 4.74. The van der Waals surface area contributed by atoms with Gasteiger partial charge in [0.05, 0.1) is 22.7 Å². The Bertz CT molecular complexity index is 743. The van der Waals surface area contributed by atoms with Crippen molar-refractivity contribution in [3.63, 3.8) is 0 Å². The molecule has 1 aromatic carbocycles. The van der Waals surface area contributed by atoms with Crippen LogP contribution in [-0.2, 0) is 11.2 Å². The zero-order chi connectivity index (χ0) is 18.0. The third kappa shape index (κ3) is 4.08. The molecule has 0 aliphatic carbocycles. The first kappa shape index (κ1) is 18.0. The number of carbonyl (C=O) groups excluding carboxylic acids is 1. The Labute approximate surface area is 155 Å². The molecule has 0 spiro atoms. The first-order valence-electron chi connectivity index (χ1n) is 8.14. The van der Waals surface area contributed by atoms with Crippen molar-refractivity contribution >= 4 is 29.1 Å². The Morgan fingerprint density at radius 2 is 2.04 bits per heavy atom. The minimum absolute atomic E-state index is 0.0559. The molecule has 2 aromatic rings. The quantitative estimate of drug-likeness (QED) is 0.757. The fourth-order valence-corrected chi connectivity index (χ4v) is 3.57. The standard InChI is InChI=1S/C17H20Cl2N4O2/c18-13-6-12(15(24)7-14(13)19)17(20)11-1-3-23(4-2-11)16(25)5-10-8-21-22-9-10/h6-9,11,17,24H,1-5,20H2,(H,21,22)/t17-/m1/s1. The molecule has 0 unspecified atom stereocenters. The molecule has 2 heterocycles. The van der Waals surface area contributed by atoms with Crippen LogP contribution in [0, 0.1) is 5.92 Å². The SMILES string of the molecule is N[C@@H](c1cc(Cl)c(Cl)cc1O)C1CCN(C(=O)Cc2cn[nH]c2)CC1. The number of benzene rings is 1. The van der Waals surface area contributed by atoms with Crippen LogP contribution in [0.3, 0.4) is 0 Å². The predicted octanol–water partition coefficient (Wildman–Crippen LogP) is 2.90. The molecular weight excluding hydrogens is 363 g/mol. The van der Waals surface area contributed by atoms with Crippen LogP contribution in [0.15, 0.2) is 24.5 Å². The zero-order valence-corrected chi connectivity index (χ0v) is 15.1. The summed E-state index contributed by atoms with van der Waals surface area (Å²) in [6.07, 6.45) is 5.29. The van der Waals surface area contributed by atoms with Gasteiger partial charge in [0.1, 0.15) is 5.75 Å². The number of H-pyrrole nitrogens is 1. The second-order valence-corrected chi connectivity index (χ2v) is 7.17. The molecule has 1 aliphatic rings. The predicted molar refractivity (Wildman–Crippen MR) is 96.7 cm³/mol. The molecule has 3 rings (SSSR count). The van der Waals surface area contributed by atoms with Crippen molar-refractivity contribution in [2.24, 2.45) is 11.7 Å². The number of piperidine rings is 1. The Morgan fingerprint density at radius 3 is 2.68 bits per heavy atom. The summed E-state index contributed by atoms with van der Waals surface area (Å²) < 4.78 is 0. The smallest absolute Gasteiger partial charge is 0.227 e. The van der Waals surface area contributed by atoms with Gasteiger partial charge in [0, 0.05) is 37.0 Å². The van der Waals surface area contributed by atoms with E-state index in [0.29, 0.717) is 35.1 Å². The highest BCUT2D eigenvalue weighted by molar-refractivity contribution is 6.42. The number of aromatic hydroxyl groups is 1.